The lowest BCUT2D eigenvalue weighted by molar-refractivity contribution is 0.744. The molecule has 2 aromatic heterocycles. The minimum atomic E-state index is 0.593. The van der Waals surface area contributed by atoms with E-state index < -0.39 is 0 Å². The van der Waals surface area contributed by atoms with Crippen LogP contribution in [0.25, 0.3) is 5.65 Å². The quantitative estimate of drug-likeness (QED) is 0.799. The van der Waals surface area contributed by atoms with Crippen LogP contribution < -0.4 is 0 Å². The van der Waals surface area contributed by atoms with Crippen LogP contribution in [0.2, 0.25) is 0 Å². The van der Waals surface area contributed by atoms with Gasteiger partial charge in [-0.25, -0.2) is 9.50 Å². The summed E-state index contributed by atoms with van der Waals surface area (Å²) in [4.78, 5) is 5.15. The topological polar surface area (TPSA) is 30.2 Å². The van der Waals surface area contributed by atoms with Crippen molar-refractivity contribution in [3.8, 4) is 0 Å². The average Bonchev–Trinajstić information content (AvgIpc) is 2.98. The molecule has 1 aliphatic carbocycles. The van der Waals surface area contributed by atoms with Gasteiger partial charge in [0, 0.05) is 29.2 Å². The van der Waals surface area contributed by atoms with Crippen LogP contribution in [0.4, 0.5) is 0 Å². The minimum Gasteiger partial charge on any atom is -0.234 e. The van der Waals surface area contributed by atoms with Crippen molar-refractivity contribution in [3.05, 3.63) is 30.2 Å². The molecule has 1 aliphatic rings. The molecule has 78 valence electrons. The van der Waals surface area contributed by atoms with Crippen LogP contribution in [-0.4, -0.2) is 19.4 Å². The molecular formula is C11H12BrN3. The van der Waals surface area contributed by atoms with E-state index in [4.69, 9.17) is 0 Å². The molecule has 2 heterocycles. The van der Waals surface area contributed by atoms with Gasteiger partial charge in [-0.05, 0) is 24.8 Å². The fourth-order valence-electron chi connectivity index (χ4n) is 1.79. The van der Waals surface area contributed by atoms with E-state index in [2.05, 4.69) is 32.1 Å². The molecule has 0 radical (unpaired) electrons. The maximum Gasteiger partial charge on any atom is 0.155 e. The maximum absolute atomic E-state index is 4.56. The van der Waals surface area contributed by atoms with Crippen molar-refractivity contribution in [2.45, 2.75) is 24.1 Å². The van der Waals surface area contributed by atoms with E-state index in [0.717, 1.165) is 23.7 Å². The predicted octanol–water partition coefficient (Wildman–Crippen LogP) is 2.45. The second kappa shape index (κ2) is 3.59. The first kappa shape index (κ1) is 9.33. The summed E-state index contributed by atoms with van der Waals surface area (Å²) in [6, 6.07) is 3.99. The van der Waals surface area contributed by atoms with Gasteiger partial charge in [-0.3, -0.25) is 0 Å². The van der Waals surface area contributed by atoms with Gasteiger partial charge in [-0.2, -0.15) is 5.10 Å². The number of rotatable bonds is 3. The van der Waals surface area contributed by atoms with Gasteiger partial charge < -0.3 is 0 Å². The number of aromatic nitrogens is 3. The molecule has 4 heteroatoms. The Morgan fingerprint density at radius 3 is 3.13 bits per heavy atom. The third kappa shape index (κ3) is 1.91. The number of alkyl halides is 1. The van der Waals surface area contributed by atoms with Crippen molar-refractivity contribution in [1.82, 2.24) is 14.6 Å². The van der Waals surface area contributed by atoms with E-state index in [1.54, 1.807) is 10.7 Å². The highest BCUT2D eigenvalue weighted by Crippen LogP contribution is 2.37. The highest BCUT2D eigenvalue weighted by molar-refractivity contribution is 9.09. The molecule has 0 amide bonds. The summed E-state index contributed by atoms with van der Waals surface area (Å²) < 4.78 is 1.80. The first-order valence-corrected chi connectivity index (χ1v) is 6.18. The van der Waals surface area contributed by atoms with E-state index in [9.17, 15) is 0 Å². The molecule has 1 atom stereocenters. The zero-order chi connectivity index (χ0) is 10.3. The van der Waals surface area contributed by atoms with Crippen molar-refractivity contribution < 1.29 is 0 Å². The number of hydrogen-bond donors (Lipinski definition) is 0. The highest BCUT2D eigenvalue weighted by atomic mass is 79.9. The Kier molecular flexibility index (Phi) is 2.24. The van der Waals surface area contributed by atoms with Gasteiger partial charge >= 0.3 is 0 Å². The van der Waals surface area contributed by atoms with Gasteiger partial charge in [0.1, 0.15) is 0 Å². The highest BCUT2D eigenvalue weighted by Gasteiger charge is 2.29. The standard InChI is InChI=1S/C11H12BrN3/c12-10(8-1-2-8)7-9-4-6-15-11(14-9)3-5-13-15/h3-6,8,10H,1-2,7H2. The fraction of sp³-hybridized carbons (Fsp3) is 0.455. The number of halogens is 1. The average molecular weight is 266 g/mol. The first-order valence-electron chi connectivity index (χ1n) is 5.26. The molecule has 0 aliphatic heterocycles. The zero-order valence-electron chi connectivity index (χ0n) is 8.31. The Morgan fingerprint density at radius 2 is 2.33 bits per heavy atom. The molecule has 3 rings (SSSR count). The molecule has 1 saturated carbocycles. The van der Waals surface area contributed by atoms with Gasteiger partial charge in [0.05, 0.1) is 6.20 Å². The molecule has 0 aromatic carbocycles. The summed E-state index contributed by atoms with van der Waals surface area (Å²) >= 11 is 3.73. The molecule has 0 bridgehead atoms. The van der Waals surface area contributed by atoms with Crippen molar-refractivity contribution >= 4 is 21.6 Å². The third-order valence-corrected chi connectivity index (χ3v) is 3.92. The largest absolute Gasteiger partial charge is 0.234 e. The van der Waals surface area contributed by atoms with E-state index in [-0.39, 0.29) is 0 Å². The summed E-state index contributed by atoms with van der Waals surface area (Å²) in [5.41, 5.74) is 2.08. The smallest absolute Gasteiger partial charge is 0.155 e. The molecule has 3 nitrogen and oxygen atoms in total. The van der Waals surface area contributed by atoms with Crippen LogP contribution in [0, 0.1) is 5.92 Å². The summed E-state index contributed by atoms with van der Waals surface area (Å²) in [6.07, 6.45) is 7.50. The monoisotopic (exact) mass is 265 g/mol. The van der Waals surface area contributed by atoms with Crippen LogP contribution in [0.5, 0.6) is 0 Å². The summed E-state index contributed by atoms with van der Waals surface area (Å²) in [5.74, 6) is 0.868. The Hall–Kier alpha value is -0.900. The lowest BCUT2D eigenvalue weighted by atomic mass is 10.2. The second-order valence-corrected chi connectivity index (χ2v) is 5.29. The van der Waals surface area contributed by atoms with Gasteiger partial charge in [0.15, 0.2) is 5.65 Å². The molecule has 0 N–H and O–H groups in total. The molecule has 1 fully saturated rings. The van der Waals surface area contributed by atoms with Gasteiger partial charge in [-0.1, -0.05) is 15.9 Å². The lowest BCUT2D eigenvalue weighted by Gasteiger charge is -2.07. The van der Waals surface area contributed by atoms with Crippen molar-refractivity contribution in [3.63, 3.8) is 0 Å². The van der Waals surface area contributed by atoms with Gasteiger partial charge in [0.25, 0.3) is 0 Å². The number of nitrogens with zero attached hydrogens (tertiary/aromatic N) is 3. The van der Waals surface area contributed by atoms with Crippen LogP contribution in [0.3, 0.4) is 0 Å². The van der Waals surface area contributed by atoms with Crippen LogP contribution >= 0.6 is 15.9 Å². The second-order valence-electron chi connectivity index (χ2n) is 4.11. The Morgan fingerprint density at radius 1 is 1.47 bits per heavy atom. The Balaban J connectivity index is 1.83. The molecule has 2 aromatic rings. The van der Waals surface area contributed by atoms with Gasteiger partial charge in [-0.15, -0.1) is 0 Å². The molecule has 1 unspecified atom stereocenters. The number of hydrogen-bond acceptors (Lipinski definition) is 2. The van der Waals surface area contributed by atoms with Crippen LogP contribution in [-0.2, 0) is 6.42 Å². The zero-order valence-corrected chi connectivity index (χ0v) is 9.89. The lowest BCUT2D eigenvalue weighted by Crippen LogP contribution is -2.07. The summed E-state index contributed by atoms with van der Waals surface area (Å²) in [6.45, 7) is 0. The number of fused-ring (bicyclic) bond motifs is 1. The third-order valence-electron chi connectivity index (χ3n) is 2.85. The Labute approximate surface area is 96.6 Å². The van der Waals surface area contributed by atoms with Crippen molar-refractivity contribution in [2.75, 3.05) is 0 Å². The molecular weight excluding hydrogens is 254 g/mol. The Bertz CT molecular complexity index is 475. The summed E-state index contributed by atoms with van der Waals surface area (Å²) in [5, 5.41) is 4.13. The fourth-order valence-corrected chi connectivity index (χ4v) is 2.65. The first-order chi connectivity index (χ1) is 7.33. The molecule has 0 spiro atoms. The van der Waals surface area contributed by atoms with E-state index >= 15 is 0 Å². The van der Waals surface area contributed by atoms with E-state index in [0.29, 0.717) is 4.83 Å². The van der Waals surface area contributed by atoms with Crippen molar-refractivity contribution in [1.29, 1.82) is 0 Å². The predicted molar refractivity (Wildman–Crippen MR) is 62.1 cm³/mol. The minimum absolute atomic E-state index is 0.593. The summed E-state index contributed by atoms with van der Waals surface area (Å²) in [7, 11) is 0. The SMILES string of the molecule is BrC(Cc1ccn2nccc2n1)C1CC1. The molecule has 15 heavy (non-hydrogen) atoms. The normalized spacial score (nSPS) is 18.2. The van der Waals surface area contributed by atoms with Gasteiger partial charge in [0.2, 0.25) is 0 Å². The van der Waals surface area contributed by atoms with E-state index in [1.165, 1.54) is 12.8 Å². The maximum atomic E-state index is 4.56. The van der Waals surface area contributed by atoms with Crippen LogP contribution in [0.15, 0.2) is 24.5 Å². The molecule has 0 saturated heterocycles. The van der Waals surface area contributed by atoms with Crippen molar-refractivity contribution in [2.24, 2.45) is 5.92 Å². The van der Waals surface area contributed by atoms with E-state index in [1.807, 2.05) is 12.3 Å². The van der Waals surface area contributed by atoms with Crippen LogP contribution in [0.1, 0.15) is 18.5 Å².